The number of alkyl halides is 3. The van der Waals surface area contributed by atoms with Crippen LogP contribution in [-0.4, -0.2) is 42.1 Å². The van der Waals surface area contributed by atoms with Gasteiger partial charge in [0.15, 0.2) is 0 Å². The summed E-state index contributed by atoms with van der Waals surface area (Å²) in [7, 11) is 0. The second-order valence-corrected chi connectivity index (χ2v) is 7.45. The number of pyridine rings is 2. The highest BCUT2D eigenvalue weighted by atomic mass is 35.5. The van der Waals surface area contributed by atoms with E-state index in [-0.39, 0.29) is 40.6 Å². The fourth-order valence-corrected chi connectivity index (χ4v) is 3.47. The molecule has 1 saturated heterocycles. The van der Waals surface area contributed by atoms with Crippen molar-refractivity contribution >= 4 is 34.9 Å². The van der Waals surface area contributed by atoms with E-state index < -0.39 is 17.6 Å². The smallest absolute Gasteiger partial charge is 0.419 e. The first-order valence-corrected chi connectivity index (χ1v) is 10.1. The van der Waals surface area contributed by atoms with Gasteiger partial charge >= 0.3 is 6.18 Å². The van der Waals surface area contributed by atoms with E-state index in [1.807, 2.05) is 0 Å². The molecule has 11 heteroatoms. The molecule has 0 atom stereocenters. The first kappa shape index (κ1) is 22.4. The average Bonchev–Trinajstić information content (AvgIpc) is 3.21. The number of hydrogen-bond donors (Lipinski definition) is 1. The minimum Gasteiger partial charge on any atom is -0.478 e. The Bertz CT molecular complexity index is 906. The molecule has 162 valence electrons. The lowest BCUT2D eigenvalue weighted by Gasteiger charge is -2.22. The van der Waals surface area contributed by atoms with E-state index in [2.05, 4.69) is 15.3 Å². The summed E-state index contributed by atoms with van der Waals surface area (Å²) >= 11 is 11.7. The third kappa shape index (κ3) is 5.66. The molecule has 0 bridgehead atoms. The maximum atomic E-state index is 13.3. The number of amides is 1. The lowest BCUT2D eigenvalue weighted by molar-refractivity contribution is -0.137. The van der Waals surface area contributed by atoms with Gasteiger partial charge in [-0.25, -0.2) is 4.98 Å². The maximum Gasteiger partial charge on any atom is 0.419 e. The van der Waals surface area contributed by atoms with Crippen LogP contribution in [0.5, 0.6) is 5.88 Å². The van der Waals surface area contributed by atoms with Gasteiger partial charge < -0.3 is 15.0 Å². The molecular formula is C19H19Cl2F3N4O2. The number of halogens is 5. The molecule has 1 aliphatic heterocycles. The summed E-state index contributed by atoms with van der Waals surface area (Å²) in [5.41, 5.74) is -0.570. The van der Waals surface area contributed by atoms with Gasteiger partial charge in [-0.1, -0.05) is 23.2 Å². The van der Waals surface area contributed by atoms with E-state index in [9.17, 15) is 18.0 Å². The first-order chi connectivity index (χ1) is 14.3. The zero-order valence-electron chi connectivity index (χ0n) is 15.8. The number of carbonyl (C=O) groups is 1. The van der Waals surface area contributed by atoms with Gasteiger partial charge in [0.2, 0.25) is 5.88 Å². The standard InChI is InChI=1S/C19H19Cl2F3N4O2/c20-14-10-15(21)26-11-12(14)18(29)25-6-3-9-30-16-5-4-13(19(22,23)24)17(27-16)28-7-1-2-8-28/h4-5,10-11H,1-3,6-9H2,(H,25,29). The molecule has 1 aliphatic rings. The molecule has 1 fully saturated rings. The van der Waals surface area contributed by atoms with Crippen molar-refractivity contribution in [2.75, 3.05) is 31.1 Å². The summed E-state index contributed by atoms with van der Waals surface area (Å²) in [5.74, 6) is -0.398. The van der Waals surface area contributed by atoms with Crippen molar-refractivity contribution in [2.45, 2.75) is 25.4 Å². The second kappa shape index (κ2) is 9.70. The summed E-state index contributed by atoms with van der Waals surface area (Å²) in [4.78, 5) is 21.6. The van der Waals surface area contributed by atoms with E-state index in [0.717, 1.165) is 18.9 Å². The van der Waals surface area contributed by atoms with Crippen LogP contribution in [0.3, 0.4) is 0 Å². The number of nitrogens with zero attached hydrogens (tertiary/aromatic N) is 3. The average molecular weight is 463 g/mol. The molecule has 0 radical (unpaired) electrons. The number of anilines is 1. The van der Waals surface area contributed by atoms with E-state index in [0.29, 0.717) is 19.5 Å². The van der Waals surface area contributed by atoms with E-state index in [4.69, 9.17) is 27.9 Å². The molecular weight excluding hydrogens is 444 g/mol. The Morgan fingerprint density at radius 3 is 2.63 bits per heavy atom. The zero-order valence-corrected chi connectivity index (χ0v) is 17.3. The quantitative estimate of drug-likeness (QED) is 0.480. The predicted octanol–water partition coefficient (Wildman–Crippen LogP) is 4.60. The van der Waals surface area contributed by atoms with Gasteiger partial charge in [0.1, 0.15) is 11.0 Å². The summed E-state index contributed by atoms with van der Waals surface area (Å²) in [5, 5.41) is 3.04. The number of carbonyl (C=O) groups excluding carboxylic acids is 1. The highest BCUT2D eigenvalue weighted by Crippen LogP contribution is 2.37. The van der Waals surface area contributed by atoms with Crippen LogP contribution in [-0.2, 0) is 6.18 Å². The number of hydrogen-bond acceptors (Lipinski definition) is 5. The Morgan fingerprint density at radius 1 is 1.23 bits per heavy atom. The molecule has 1 amide bonds. The molecule has 0 aromatic carbocycles. The van der Waals surface area contributed by atoms with Crippen LogP contribution in [0, 0.1) is 0 Å². The van der Waals surface area contributed by atoms with Gasteiger partial charge in [0, 0.05) is 31.9 Å². The monoisotopic (exact) mass is 462 g/mol. The number of ether oxygens (including phenoxy) is 1. The molecule has 0 saturated carbocycles. The first-order valence-electron chi connectivity index (χ1n) is 9.31. The van der Waals surface area contributed by atoms with Crippen LogP contribution in [0.1, 0.15) is 35.2 Å². The molecule has 6 nitrogen and oxygen atoms in total. The molecule has 0 unspecified atom stereocenters. The van der Waals surface area contributed by atoms with E-state index in [1.54, 1.807) is 4.90 Å². The molecule has 2 aromatic rings. The molecule has 1 N–H and O–H groups in total. The molecule has 30 heavy (non-hydrogen) atoms. The van der Waals surface area contributed by atoms with Crippen molar-refractivity contribution in [3.05, 3.63) is 45.7 Å². The fourth-order valence-electron chi connectivity index (χ4n) is 3.02. The topological polar surface area (TPSA) is 67.3 Å². The van der Waals surface area contributed by atoms with Crippen LogP contribution < -0.4 is 15.0 Å². The van der Waals surface area contributed by atoms with Crippen LogP contribution >= 0.6 is 23.2 Å². The molecule has 2 aromatic heterocycles. The van der Waals surface area contributed by atoms with Gasteiger partial charge in [0.05, 0.1) is 22.8 Å². The van der Waals surface area contributed by atoms with Crippen molar-refractivity contribution in [3.63, 3.8) is 0 Å². The highest BCUT2D eigenvalue weighted by Gasteiger charge is 2.36. The van der Waals surface area contributed by atoms with Gasteiger partial charge in [-0.15, -0.1) is 0 Å². The summed E-state index contributed by atoms with van der Waals surface area (Å²) < 4.78 is 45.3. The van der Waals surface area contributed by atoms with Gasteiger partial charge in [-0.05, 0) is 31.4 Å². The Labute approximate surface area is 181 Å². The third-order valence-electron chi connectivity index (χ3n) is 4.48. The van der Waals surface area contributed by atoms with E-state index in [1.165, 1.54) is 18.3 Å². The molecule has 3 heterocycles. The number of rotatable bonds is 7. The largest absolute Gasteiger partial charge is 0.478 e. The lowest BCUT2D eigenvalue weighted by atomic mass is 10.2. The third-order valence-corrected chi connectivity index (χ3v) is 5.00. The van der Waals surface area contributed by atoms with Crippen LogP contribution in [0.15, 0.2) is 24.4 Å². The van der Waals surface area contributed by atoms with Crippen molar-refractivity contribution in [2.24, 2.45) is 0 Å². The van der Waals surface area contributed by atoms with Crippen molar-refractivity contribution in [1.29, 1.82) is 0 Å². The van der Waals surface area contributed by atoms with Gasteiger partial charge in [-0.3, -0.25) is 4.79 Å². The van der Waals surface area contributed by atoms with Crippen LogP contribution in [0.25, 0.3) is 0 Å². The Morgan fingerprint density at radius 2 is 1.97 bits per heavy atom. The maximum absolute atomic E-state index is 13.3. The molecule has 0 spiro atoms. The lowest BCUT2D eigenvalue weighted by Crippen LogP contribution is -2.26. The van der Waals surface area contributed by atoms with Gasteiger partial charge in [0.25, 0.3) is 5.91 Å². The van der Waals surface area contributed by atoms with Crippen LogP contribution in [0.2, 0.25) is 10.2 Å². The predicted molar refractivity (Wildman–Crippen MR) is 107 cm³/mol. The minimum atomic E-state index is -4.48. The SMILES string of the molecule is O=C(NCCCOc1ccc(C(F)(F)F)c(N2CCCC2)n1)c1cnc(Cl)cc1Cl. The summed E-state index contributed by atoms with van der Waals surface area (Å²) in [6.45, 7) is 1.52. The van der Waals surface area contributed by atoms with Gasteiger partial charge in [-0.2, -0.15) is 18.2 Å². The van der Waals surface area contributed by atoms with E-state index >= 15 is 0 Å². The Kier molecular flexibility index (Phi) is 7.25. The Balaban J connectivity index is 1.53. The molecule has 3 rings (SSSR count). The van der Waals surface area contributed by atoms with Crippen molar-refractivity contribution in [1.82, 2.24) is 15.3 Å². The normalized spacial score (nSPS) is 14.1. The minimum absolute atomic E-state index is 0.101. The number of aromatic nitrogens is 2. The second-order valence-electron chi connectivity index (χ2n) is 6.66. The van der Waals surface area contributed by atoms with Crippen molar-refractivity contribution < 1.29 is 22.7 Å². The zero-order chi connectivity index (χ0) is 21.7. The van der Waals surface area contributed by atoms with Crippen LogP contribution in [0.4, 0.5) is 19.0 Å². The fraction of sp³-hybridized carbons (Fsp3) is 0.421. The number of nitrogens with one attached hydrogen (secondary N) is 1. The summed E-state index contributed by atoms with van der Waals surface area (Å²) in [6.07, 6.45) is -1.12. The Hall–Kier alpha value is -2.26. The van der Waals surface area contributed by atoms with Crippen molar-refractivity contribution in [3.8, 4) is 5.88 Å². The highest BCUT2D eigenvalue weighted by molar-refractivity contribution is 6.36. The molecule has 0 aliphatic carbocycles. The summed E-state index contributed by atoms with van der Waals surface area (Å²) in [6, 6.07) is 3.57.